The van der Waals surface area contributed by atoms with E-state index in [1.165, 1.54) is 11.0 Å². The fraction of sp³-hybridized carbons (Fsp3) is 0.692. The molecule has 2 N–H and O–H groups in total. The first-order valence-electron chi connectivity index (χ1n) is 13.0. The highest BCUT2D eigenvalue weighted by molar-refractivity contribution is 5.81. The van der Waals surface area contributed by atoms with Crippen molar-refractivity contribution < 1.29 is 28.0 Å². The number of hydroxylamine groups is 2. The van der Waals surface area contributed by atoms with Gasteiger partial charge in [0.05, 0.1) is 11.1 Å². The maximum Gasteiger partial charge on any atom is 0.416 e. The van der Waals surface area contributed by atoms with Crippen LogP contribution in [0.3, 0.4) is 0 Å². The lowest BCUT2D eigenvalue weighted by atomic mass is 9.92. The second kappa shape index (κ2) is 10.5. The molecule has 0 aromatic heterocycles. The normalized spacial score (nSPS) is 23.7. The van der Waals surface area contributed by atoms with Crippen LogP contribution in [0.2, 0.25) is 0 Å². The predicted molar refractivity (Wildman–Crippen MR) is 128 cm³/mol. The molecule has 10 heteroatoms. The number of benzene rings is 1. The lowest BCUT2D eigenvalue weighted by Crippen LogP contribution is -2.61. The minimum Gasteiger partial charge on any atom is -0.333 e. The van der Waals surface area contributed by atoms with Gasteiger partial charge in [-0.3, -0.25) is 10.1 Å². The van der Waals surface area contributed by atoms with Gasteiger partial charge in [-0.05, 0) is 57.2 Å². The third kappa shape index (κ3) is 5.43. The number of hydrogen-bond donors (Lipinski definition) is 2. The summed E-state index contributed by atoms with van der Waals surface area (Å²) in [6, 6.07) is 3.75. The number of alkyl halides is 3. The zero-order chi connectivity index (χ0) is 26.1. The van der Waals surface area contributed by atoms with E-state index in [0.717, 1.165) is 76.3 Å². The van der Waals surface area contributed by atoms with Crippen LogP contribution in [-0.4, -0.2) is 55.9 Å². The highest BCUT2D eigenvalue weighted by atomic mass is 19.4. The van der Waals surface area contributed by atoms with Crippen LogP contribution in [0.4, 0.5) is 22.8 Å². The van der Waals surface area contributed by atoms with E-state index in [-0.39, 0.29) is 24.7 Å². The van der Waals surface area contributed by atoms with E-state index in [9.17, 15) is 28.0 Å². The van der Waals surface area contributed by atoms with Gasteiger partial charge in [0.15, 0.2) is 6.17 Å². The third-order valence-electron chi connectivity index (χ3n) is 7.98. The van der Waals surface area contributed by atoms with Crippen molar-refractivity contribution in [2.45, 2.75) is 115 Å². The average Bonchev–Trinajstić information content (AvgIpc) is 3.04. The smallest absolute Gasteiger partial charge is 0.333 e. The first kappa shape index (κ1) is 26.6. The largest absolute Gasteiger partial charge is 0.416 e. The number of urea groups is 2. The van der Waals surface area contributed by atoms with Crippen molar-refractivity contribution in [1.82, 2.24) is 20.2 Å². The van der Waals surface area contributed by atoms with Crippen LogP contribution >= 0.6 is 0 Å². The van der Waals surface area contributed by atoms with Gasteiger partial charge < -0.3 is 10.2 Å². The molecule has 4 rings (SSSR count). The van der Waals surface area contributed by atoms with Gasteiger partial charge in [0, 0.05) is 18.6 Å². The van der Waals surface area contributed by atoms with Crippen LogP contribution < -0.4 is 5.32 Å². The van der Waals surface area contributed by atoms with Gasteiger partial charge in [-0.2, -0.15) is 18.2 Å². The highest BCUT2D eigenvalue weighted by Gasteiger charge is 2.57. The topological polar surface area (TPSA) is 76.1 Å². The molecule has 2 aliphatic carbocycles. The molecular weight excluding hydrogens is 473 g/mol. The van der Waals surface area contributed by atoms with Crippen LogP contribution in [0.25, 0.3) is 0 Å². The maximum atomic E-state index is 13.8. The summed E-state index contributed by atoms with van der Waals surface area (Å²) in [7, 11) is 0. The van der Waals surface area contributed by atoms with Gasteiger partial charge in [-0.15, -0.1) is 0 Å². The van der Waals surface area contributed by atoms with E-state index in [2.05, 4.69) is 5.32 Å². The lowest BCUT2D eigenvalue weighted by Gasteiger charge is -2.41. The zero-order valence-corrected chi connectivity index (χ0v) is 21.1. The number of nitrogens with zero attached hydrogens (tertiary/aromatic N) is 3. The van der Waals surface area contributed by atoms with Crippen molar-refractivity contribution in [2.75, 3.05) is 0 Å². The average molecular weight is 511 g/mol. The number of amides is 4. The molecular formula is C26H37F3N4O3. The van der Waals surface area contributed by atoms with Crippen LogP contribution in [0.15, 0.2) is 24.3 Å². The van der Waals surface area contributed by atoms with Crippen molar-refractivity contribution in [3.8, 4) is 0 Å². The molecule has 1 aliphatic heterocycles. The number of halogens is 3. The van der Waals surface area contributed by atoms with Crippen LogP contribution in [0.1, 0.15) is 89.2 Å². The Morgan fingerprint density at radius 1 is 1.08 bits per heavy atom. The molecule has 36 heavy (non-hydrogen) atoms. The number of hydrogen-bond acceptors (Lipinski definition) is 3. The first-order valence-corrected chi connectivity index (χ1v) is 13.0. The van der Waals surface area contributed by atoms with Crippen molar-refractivity contribution in [3.63, 3.8) is 0 Å². The number of carbonyl (C=O) groups is 2. The van der Waals surface area contributed by atoms with E-state index in [0.29, 0.717) is 10.6 Å². The van der Waals surface area contributed by atoms with Gasteiger partial charge >= 0.3 is 18.2 Å². The molecule has 4 amide bonds. The Bertz CT molecular complexity index is 943. The van der Waals surface area contributed by atoms with Gasteiger partial charge in [-0.25, -0.2) is 9.59 Å². The van der Waals surface area contributed by atoms with Crippen LogP contribution in [0, 0.1) is 0 Å². The van der Waals surface area contributed by atoms with Gasteiger partial charge in [0.1, 0.15) is 0 Å². The Labute approximate surface area is 210 Å². The van der Waals surface area contributed by atoms with Crippen LogP contribution in [-0.2, 0) is 12.7 Å². The SMILES string of the molecule is CC1(C)[C@@H](N(O)C(=O)NC2CCCCC2)N(C2CCCCC2)C(=O)N1Cc1cccc(C(F)(F)F)c1. The van der Waals surface area contributed by atoms with Crippen LogP contribution in [0.5, 0.6) is 0 Å². The Kier molecular flexibility index (Phi) is 7.73. The quantitative estimate of drug-likeness (QED) is 0.371. The summed E-state index contributed by atoms with van der Waals surface area (Å²) < 4.78 is 39.9. The standard InChI is InChI=1S/C26H37F3N4O3/c1-25(2)22(33(36)23(34)30-20-12-5-3-6-13-20)32(21-14-7-4-8-15-21)24(35)31(25)17-18-10-9-11-19(16-18)26(27,28)29/h9-11,16,20-22,36H,3-8,12-15,17H2,1-2H3,(H,30,34)/t22-/m1/s1. The fourth-order valence-corrected chi connectivity index (χ4v) is 6.00. The monoisotopic (exact) mass is 510 g/mol. The fourth-order valence-electron chi connectivity index (χ4n) is 6.00. The third-order valence-corrected chi connectivity index (χ3v) is 7.98. The van der Waals surface area contributed by atoms with E-state index >= 15 is 0 Å². The molecule has 0 unspecified atom stereocenters. The molecule has 0 spiro atoms. The highest BCUT2D eigenvalue weighted by Crippen LogP contribution is 2.40. The second-order valence-electron chi connectivity index (χ2n) is 10.9. The van der Waals surface area contributed by atoms with E-state index < -0.39 is 29.5 Å². The Hall–Kier alpha value is -2.49. The molecule has 7 nitrogen and oxygen atoms in total. The molecule has 1 atom stereocenters. The number of rotatable bonds is 5. The van der Waals surface area contributed by atoms with Gasteiger partial charge in [0.25, 0.3) is 0 Å². The second-order valence-corrected chi connectivity index (χ2v) is 10.9. The molecule has 200 valence electrons. The predicted octanol–water partition coefficient (Wildman–Crippen LogP) is 6.11. The lowest BCUT2D eigenvalue weighted by molar-refractivity contribution is -0.141. The van der Waals surface area contributed by atoms with E-state index in [4.69, 9.17) is 0 Å². The van der Waals surface area contributed by atoms with Crippen molar-refractivity contribution in [2.24, 2.45) is 0 Å². The molecule has 3 fully saturated rings. The number of carbonyl (C=O) groups excluding carboxylic acids is 2. The summed E-state index contributed by atoms with van der Waals surface area (Å²) in [6.45, 7) is 3.44. The Morgan fingerprint density at radius 3 is 2.31 bits per heavy atom. The van der Waals surface area contributed by atoms with E-state index in [1.807, 2.05) is 0 Å². The summed E-state index contributed by atoms with van der Waals surface area (Å²) in [5, 5.41) is 14.8. The molecule has 1 aromatic rings. The number of nitrogens with one attached hydrogen (secondary N) is 1. The minimum absolute atomic E-state index is 0.0227. The molecule has 1 saturated heterocycles. The maximum absolute atomic E-state index is 13.8. The van der Waals surface area contributed by atoms with Crippen molar-refractivity contribution >= 4 is 12.1 Å². The molecule has 3 aliphatic rings. The Balaban J connectivity index is 1.61. The first-order chi connectivity index (χ1) is 17.0. The van der Waals surface area contributed by atoms with Crippen molar-refractivity contribution in [1.29, 1.82) is 0 Å². The molecule has 0 radical (unpaired) electrons. The minimum atomic E-state index is -4.49. The Morgan fingerprint density at radius 2 is 1.69 bits per heavy atom. The summed E-state index contributed by atoms with van der Waals surface area (Å²) in [6.07, 6.45) is 3.85. The molecule has 2 saturated carbocycles. The molecule has 0 bridgehead atoms. The van der Waals surface area contributed by atoms with Gasteiger partial charge in [0.2, 0.25) is 0 Å². The molecule has 1 aromatic carbocycles. The summed E-state index contributed by atoms with van der Waals surface area (Å²) >= 11 is 0. The van der Waals surface area contributed by atoms with E-state index in [1.54, 1.807) is 24.8 Å². The summed E-state index contributed by atoms with van der Waals surface area (Å²) in [5.74, 6) is 0. The van der Waals surface area contributed by atoms with Crippen molar-refractivity contribution in [3.05, 3.63) is 35.4 Å². The zero-order valence-electron chi connectivity index (χ0n) is 21.1. The summed E-state index contributed by atoms with van der Waals surface area (Å²) in [4.78, 5) is 30.0. The summed E-state index contributed by atoms with van der Waals surface area (Å²) in [5.41, 5.74) is -1.49. The van der Waals surface area contributed by atoms with Gasteiger partial charge in [-0.1, -0.05) is 50.7 Å². The molecule has 1 heterocycles.